The Labute approximate surface area is 466 Å². The van der Waals surface area contributed by atoms with Gasteiger partial charge in [-0.15, -0.1) is 0 Å². The van der Waals surface area contributed by atoms with Crippen LogP contribution in [0.4, 0.5) is 0 Å². The van der Waals surface area contributed by atoms with Gasteiger partial charge >= 0.3 is 17.9 Å². The number of allylic oxidation sites excluding steroid dienone is 10. The van der Waals surface area contributed by atoms with Gasteiger partial charge in [0, 0.05) is 19.3 Å². The van der Waals surface area contributed by atoms with E-state index in [1.807, 2.05) is 0 Å². The van der Waals surface area contributed by atoms with Gasteiger partial charge in [0.1, 0.15) is 13.2 Å². The highest BCUT2D eigenvalue weighted by Gasteiger charge is 2.19. The highest BCUT2D eigenvalue weighted by Crippen LogP contribution is 2.16. The van der Waals surface area contributed by atoms with Crippen molar-refractivity contribution in [1.82, 2.24) is 0 Å². The molecular weight excluding hydrogens is 925 g/mol. The van der Waals surface area contributed by atoms with Crippen LogP contribution in [-0.2, 0) is 28.6 Å². The molecule has 1 unspecified atom stereocenters. The number of hydrogen-bond acceptors (Lipinski definition) is 6. The summed E-state index contributed by atoms with van der Waals surface area (Å²) in [6.45, 7) is 6.63. The number of hydrogen-bond donors (Lipinski definition) is 0. The molecular formula is C69H124O6. The molecule has 0 aliphatic heterocycles. The summed E-state index contributed by atoms with van der Waals surface area (Å²) >= 11 is 0. The zero-order chi connectivity index (χ0) is 54.3. The number of esters is 3. The van der Waals surface area contributed by atoms with E-state index in [9.17, 15) is 14.4 Å². The summed E-state index contributed by atoms with van der Waals surface area (Å²) in [5.74, 6) is -0.887. The molecule has 0 saturated heterocycles. The lowest BCUT2D eigenvalue weighted by Crippen LogP contribution is -2.30. The van der Waals surface area contributed by atoms with Crippen LogP contribution >= 0.6 is 0 Å². The van der Waals surface area contributed by atoms with E-state index in [4.69, 9.17) is 14.2 Å². The van der Waals surface area contributed by atoms with Gasteiger partial charge in [-0.2, -0.15) is 0 Å². The third kappa shape index (κ3) is 61.8. The van der Waals surface area contributed by atoms with Crippen LogP contribution in [0.5, 0.6) is 0 Å². The molecule has 0 heterocycles. The molecule has 0 fully saturated rings. The molecule has 0 aromatic rings. The normalized spacial score (nSPS) is 12.4. The summed E-state index contributed by atoms with van der Waals surface area (Å²) in [5, 5.41) is 0. The van der Waals surface area contributed by atoms with Crippen molar-refractivity contribution in [2.24, 2.45) is 0 Å². The van der Waals surface area contributed by atoms with Crippen molar-refractivity contribution >= 4 is 17.9 Å². The smallest absolute Gasteiger partial charge is 0.306 e. The maximum Gasteiger partial charge on any atom is 0.306 e. The predicted molar refractivity (Wildman–Crippen MR) is 325 cm³/mol. The molecule has 75 heavy (non-hydrogen) atoms. The fourth-order valence-corrected chi connectivity index (χ4v) is 9.50. The minimum absolute atomic E-state index is 0.0809. The van der Waals surface area contributed by atoms with E-state index in [0.717, 1.165) is 96.3 Å². The molecule has 0 aromatic heterocycles. The quantitative estimate of drug-likeness (QED) is 0.0261. The zero-order valence-corrected chi connectivity index (χ0v) is 50.1. The van der Waals surface area contributed by atoms with Crippen molar-refractivity contribution in [1.29, 1.82) is 0 Å². The minimum Gasteiger partial charge on any atom is -0.462 e. The summed E-state index contributed by atoms with van der Waals surface area (Å²) in [6.07, 6.45) is 80.8. The number of carbonyl (C=O) groups excluding carboxylic acids is 3. The largest absolute Gasteiger partial charge is 0.462 e. The molecule has 6 nitrogen and oxygen atoms in total. The number of ether oxygens (including phenoxy) is 3. The molecule has 0 amide bonds. The molecule has 0 N–H and O–H groups in total. The minimum atomic E-state index is -0.786. The SMILES string of the molecule is CCCCCC/C=C\C/C=C\CCCCCCCC(=O)OC(COC(=O)CCCCCCC/C=C\CCCCCCCCC)COC(=O)CCCCCCCCCCCCCCC/C=C\C/C=C\CCCCCCC. The maximum absolute atomic E-state index is 12.9. The third-order valence-electron chi connectivity index (χ3n) is 14.5. The Morgan fingerprint density at radius 3 is 0.760 bits per heavy atom. The van der Waals surface area contributed by atoms with Gasteiger partial charge in [-0.05, 0) is 109 Å². The van der Waals surface area contributed by atoms with E-state index in [1.165, 1.54) is 205 Å². The molecule has 436 valence electrons. The van der Waals surface area contributed by atoms with Crippen molar-refractivity contribution in [3.05, 3.63) is 60.8 Å². The lowest BCUT2D eigenvalue weighted by atomic mass is 10.0. The van der Waals surface area contributed by atoms with Gasteiger partial charge in [-0.25, -0.2) is 0 Å². The fraction of sp³-hybridized carbons (Fsp3) is 0.812. The average Bonchev–Trinajstić information content (AvgIpc) is 3.41. The molecule has 0 aliphatic carbocycles. The molecule has 0 aliphatic rings. The van der Waals surface area contributed by atoms with Crippen LogP contribution in [0.2, 0.25) is 0 Å². The van der Waals surface area contributed by atoms with Crippen molar-refractivity contribution in [3.8, 4) is 0 Å². The number of rotatable bonds is 60. The Morgan fingerprint density at radius 1 is 0.267 bits per heavy atom. The fourth-order valence-electron chi connectivity index (χ4n) is 9.50. The first-order chi connectivity index (χ1) is 37.0. The summed E-state index contributed by atoms with van der Waals surface area (Å²) in [4.78, 5) is 38.3. The van der Waals surface area contributed by atoms with Crippen molar-refractivity contribution in [3.63, 3.8) is 0 Å². The lowest BCUT2D eigenvalue weighted by molar-refractivity contribution is -0.167. The van der Waals surface area contributed by atoms with Gasteiger partial charge < -0.3 is 14.2 Å². The number of unbranched alkanes of at least 4 members (excludes halogenated alkanes) is 39. The van der Waals surface area contributed by atoms with E-state index in [1.54, 1.807) is 0 Å². The lowest BCUT2D eigenvalue weighted by Gasteiger charge is -2.18. The second-order valence-electron chi connectivity index (χ2n) is 22.0. The summed E-state index contributed by atoms with van der Waals surface area (Å²) in [6, 6.07) is 0. The summed E-state index contributed by atoms with van der Waals surface area (Å²) in [7, 11) is 0. The summed E-state index contributed by atoms with van der Waals surface area (Å²) < 4.78 is 16.9. The van der Waals surface area contributed by atoms with Gasteiger partial charge in [0.25, 0.3) is 0 Å². The van der Waals surface area contributed by atoms with Gasteiger partial charge in [-0.3, -0.25) is 14.4 Å². The third-order valence-corrected chi connectivity index (χ3v) is 14.5. The summed E-state index contributed by atoms with van der Waals surface area (Å²) in [5.41, 5.74) is 0. The first-order valence-electron chi connectivity index (χ1n) is 32.8. The van der Waals surface area contributed by atoms with Crippen molar-refractivity contribution in [2.45, 2.75) is 348 Å². The van der Waals surface area contributed by atoms with Crippen LogP contribution in [0, 0.1) is 0 Å². The molecule has 1 atom stereocenters. The standard InChI is InChI=1S/C69H124O6/c1-4-7-10-13-16-19-22-25-28-31-32-33-34-35-36-37-38-39-42-44-47-50-53-56-59-62-68(71)74-65-66(75-69(72)63-60-57-54-51-48-45-41-30-27-24-21-18-15-12-9-6-3)64-73-67(70)61-58-55-52-49-46-43-40-29-26-23-20-17-14-11-8-5-2/h21-22,24-25,29-32,40-41,66H,4-20,23,26-28,33-39,42-65H2,1-3H3/b24-21-,25-22-,32-31-,40-29-,41-30-. The van der Waals surface area contributed by atoms with Crippen LogP contribution in [0.1, 0.15) is 342 Å². The molecule has 0 bridgehead atoms. The highest BCUT2D eigenvalue weighted by atomic mass is 16.6. The van der Waals surface area contributed by atoms with Crippen LogP contribution in [0.25, 0.3) is 0 Å². The second kappa shape index (κ2) is 63.6. The highest BCUT2D eigenvalue weighted by molar-refractivity contribution is 5.71. The van der Waals surface area contributed by atoms with E-state index >= 15 is 0 Å². The topological polar surface area (TPSA) is 78.9 Å². The van der Waals surface area contributed by atoms with E-state index in [-0.39, 0.29) is 31.1 Å². The molecule has 0 aromatic carbocycles. The first kappa shape index (κ1) is 72.1. The van der Waals surface area contributed by atoms with Crippen LogP contribution in [0.15, 0.2) is 60.8 Å². The Balaban J connectivity index is 4.31. The maximum atomic E-state index is 12.9. The molecule has 0 radical (unpaired) electrons. The van der Waals surface area contributed by atoms with Gasteiger partial charge in [-0.1, -0.05) is 274 Å². The van der Waals surface area contributed by atoms with Crippen molar-refractivity contribution < 1.29 is 28.6 Å². The Bertz CT molecular complexity index is 1340. The second-order valence-corrected chi connectivity index (χ2v) is 22.0. The molecule has 6 heteroatoms. The van der Waals surface area contributed by atoms with Crippen molar-refractivity contribution in [2.75, 3.05) is 13.2 Å². The van der Waals surface area contributed by atoms with Gasteiger partial charge in [0.2, 0.25) is 0 Å². The van der Waals surface area contributed by atoms with E-state index < -0.39 is 6.10 Å². The Kier molecular flexibility index (Phi) is 61.2. The van der Waals surface area contributed by atoms with Crippen LogP contribution in [0.3, 0.4) is 0 Å². The van der Waals surface area contributed by atoms with Crippen LogP contribution < -0.4 is 0 Å². The monoisotopic (exact) mass is 1050 g/mol. The predicted octanol–water partition coefficient (Wildman–Crippen LogP) is 22.3. The van der Waals surface area contributed by atoms with Crippen LogP contribution in [-0.4, -0.2) is 37.2 Å². The number of carbonyl (C=O) groups is 3. The Hall–Kier alpha value is -2.89. The average molecular weight is 1050 g/mol. The Morgan fingerprint density at radius 2 is 0.480 bits per heavy atom. The van der Waals surface area contributed by atoms with Gasteiger partial charge in [0.15, 0.2) is 6.10 Å². The van der Waals surface area contributed by atoms with E-state index in [2.05, 4.69) is 81.5 Å². The van der Waals surface area contributed by atoms with E-state index in [0.29, 0.717) is 19.3 Å². The molecule has 0 saturated carbocycles. The molecule has 0 rings (SSSR count). The molecule has 0 spiro atoms. The zero-order valence-electron chi connectivity index (χ0n) is 50.1. The van der Waals surface area contributed by atoms with Gasteiger partial charge in [0.05, 0.1) is 0 Å². The first-order valence-corrected chi connectivity index (χ1v) is 32.8.